The molecule has 0 amide bonds. The van der Waals surface area contributed by atoms with Gasteiger partial charge in [-0.15, -0.1) is 11.3 Å². The average molecular weight is 339 g/mol. The first-order chi connectivity index (χ1) is 9.23. The highest BCUT2D eigenvalue weighted by Crippen LogP contribution is 2.40. The highest BCUT2D eigenvalue weighted by molar-refractivity contribution is 9.10. The van der Waals surface area contributed by atoms with E-state index in [4.69, 9.17) is 4.98 Å². The Hall–Kier alpha value is -0.450. The van der Waals surface area contributed by atoms with E-state index in [1.807, 2.05) is 11.3 Å². The minimum absolute atomic E-state index is 0.267. The highest BCUT2D eigenvalue weighted by atomic mass is 79.9. The fraction of sp³-hybridized carbons (Fsp3) is 0.533. The quantitative estimate of drug-likeness (QED) is 0.892. The highest BCUT2D eigenvalue weighted by Gasteiger charge is 2.35. The van der Waals surface area contributed by atoms with Gasteiger partial charge in [0, 0.05) is 16.4 Å². The normalized spacial score (nSPS) is 23.9. The van der Waals surface area contributed by atoms with E-state index in [0.29, 0.717) is 0 Å². The predicted octanol–water partition coefficient (Wildman–Crippen LogP) is 4.48. The summed E-state index contributed by atoms with van der Waals surface area (Å²) in [7, 11) is 0. The first-order valence-corrected chi connectivity index (χ1v) is 8.62. The molecule has 0 radical (unpaired) electrons. The van der Waals surface area contributed by atoms with Crippen LogP contribution >= 0.6 is 27.3 Å². The Morgan fingerprint density at radius 3 is 3.11 bits per heavy atom. The molecule has 0 bridgehead atoms. The molecule has 2 heterocycles. The standard InChI is InChI=1S/C15H19BrN2S/c1-2-6-15(7-3-8-17-10-15)14-18-12-5-4-11(16)9-13(12)19-14/h4-5,9,17H,2-3,6-8,10H2,1H3. The number of thiazole rings is 1. The maximum Gasteiger partial charge on any atom is 0.101 e. The van der Waals surface area contributed by atoms with Crippen molar-refractivity contribution < 1.29 is 0 Å². The van der Waals surface area contributed by atoms with Crippen LogP contribution in [0.2, 0.25) is 0 Å². The molecule has 2 nitrogen and oxygen atoms in total. The molecule has 3 rings (SSSR count). The van der Waals surface area contributed by atoms with Gasteiger partial charge in [-0.2, -0.15) is 0 Å². The zero-order valence-electron chi connectivity index (χ0n) is 11.2. The number of rotatable bonds is 3. The second-order valence-electron chi connectivity index (χ2n) is 5.44. The summed E-state index contributed by atoms with van der Waals surface area (Å²) in [6, 6.07) is 6.39. The van der Waals surface area contributed by atoms with Gasteiger partial charge in [-0.05, 0) is 44.0 Å². The molecule has 19 heavy (non-hydrogen) atoms. The van der Waals surface area contributed by atoms with Gasteiger partial charge in [-0.1, -0.05) is 29.3 Å². The molecule has 102 valence electrons. The van der Waals surface area contributed by atoms with E-state index in [1.165, 1.54) is 35.4 Å². The average Bonchev–Trinajstić information content (AvgIpc) is 2.83. The van der Waals surface area contributed by atoms with Crippen LogP contribution in [0.5, 0.6) is 0 Å². The lowest BCUT2D eigenvalue weighted by Crippen LogP contribution is -2.43. The Morgan fingerprint density at radius 2 is 2.37 bits per heavy atom. The van der Waals surface area contributed by atoms with Gasteiger partial charge in [-0.25, -0.2) is 4.98 Å². The molecule has 0 saturated carbocycles. The summed E-state index contributed by atoms with van der Waals surface area (Å²) in [5.41, 5.74) is 1.41. The van der Waals surface area contributed by atoms with Crippen molar-refractivity contribution >= 4 is 37.5 Å². The number of nitrogens with one attached hydrogen (secondary N) is 1. The number of fused-ring (bicyclic) bond motifs is 1. The minimum Gasteiger partial charge on any atom is -0.316 e. The third-order valence-corrected chi connectivity index (χ3v) is 5.76. The number of piperidine rings is 1. The SMILES string of the molecule is CCCC1(c2nc3ccc(Br)cc3s2)CCCNC1. The van der Waals surface area contributed by atoms with Crippen LogP contribution in [0.15, 0.2) is 22.7 Å². The molecule has 1 fully saturated rings. The second-order valence-corrected chi connectivity index (χ2v) is 7.39. The molecule has 0 aliphatic carbocycles. The van der Waals surface area contributed by atoms with Crippen molar-refractivity contribution in [3.05, 3.63) is 27.7 Å². The Morgan fingerprint density at radius 1 is 1.47 bits per heavy atom. The molecule has 1 unspecified atom stereocenters. The molecule has 1 aliphatic rings. The van der Waals surface area contributed by atoms with Gasteiger partial charge in [0.2, 0.25) is 0 Å². The van der Waals surface area contributed by atoms with Gasteiger partial charge in [0.25, 0.3) is 0 Å². The lowest BCUT2D eigenvalue weighted by Gasteiger charge is -2.35. The Kier molecular flexibility index (Phi) is 3.92. The summed E-state index contributed by atoms with van der Waals surface area (Å²) in [5.74, 6) is 0. The number of benzene rings is 1. The van der Waals surface area contributed by atoms with Crippen LogP contribution in [0.4, 0.5) is 0 Å². The van der Waals surface area contributed by atoms with E-state index in [-0.39, 0.29) is 5.41 Å². The largest absolute Gasteiger partial charge is 0.316 e. The van der Waals surface area contributed by atoms with Gasteiger partial charge in [0.15, 0.2) is 0 Å². The van der Waals surface area contributed by atoms with Gasteiger partial charge in [-0.3, -0.25) is 0 Å². The summed E-state index contributed by atoms with van der Waals surface area (Å²) in [4.78, 5) is 4.93. The maximum atomic E-state index is 4.93. The van der Waals surface area contributed by atoms with Crippen LogP contribution in [-0.2, 0) is 5.41 Å². The van der Waals surface area contributed by atoms with E-state index in [1.54, 1.807) is 0 Å². The van der Waals surface area contributed by atoms with Gasteiger partial charge >= 0.3 is 0 Å². The smallest absolute Gasteiger partial charge is 0.101 e. The molecule has 2 aromatic rings. The minimum atomic E-state index is 0.267. The van der Waals surface area contributed by atoms with Crippen molar-refractivity contribution in [2.45, 2.75) is 38.0 Å². The number of halogens is 1. The van der Waals surface area contributed by atoms with Crippen molar-refractivity contribution in [3.63, 3.8) is 0 Å². The molecule has 1 aromatic heterocycles. The maximum absolute atomic E-state index is 4.93. The molecule has 4 heteroatoms. The fourth-order valence-corrected chi connectivity index (χ4v) is 4.84. The molecular weight excluding hydrogens is 320 g/mol. The zero-order valence-corrected chi connectivity index (χ0v) is 13.6. The summed E-state index contributed by atoms with van der Waals surface area (Å²) in [6.45, 7) is 4.52. The topological polar surface area (TPSA) is 24.9 Å². The van der Waals surface area contributed by atoms with Crippen LogP contribution in [-0.4, -0.2) is 18.1 Å². The summed E-state index contributed by atoms with van der Waals surface area (Å²) in [5, 5.41) is 4.90. The summed E-state index contributed by atoms with van der Waals surface area (Å²) < 4.78 is 2.44. The Labute approximate surface area is 126 Å². The molecule has 1 N–H and O–H groups in total. The molecule has 0 spiro atoms. The molecule has 1 saturated heterocycles. The fourth-order valence-electron chi connectivity index (χ4n) is 3.07. The lowest BCUT2D eigenvalue weighted by atomic mass is 9.77. The van der Waals surface area contributed by atoms with Crippen molar-refractivity contribution in [2.75, 3.05) is 13.1 Å². The molecule has 1 atom stereocenters. The number of hydrogen-bond donors (Lipinski definition) is 1. The second kappa shape index (κ2) is 5.51. The molecule has 1 aliphatic heterocycles. The van der Waals surface area contributed by atoms with Gasteiger partial charge < -0.3 is 5.32 Å². The lowest BCUT2D eigenvalue weighted by molar-refractivity contribution is 0.290. The van der Waals surface area contributed by atoms with Crippen molar-refractivity contribution in [1.29, 1.82) is 0 Å². The van der Waals surface area contributed by atoms with Crippen LogP contribution in [0, 0.1) is 0 Å². The van der Waals surface area contributed by atoms with E-state index in [9.17, 15) is 0 Å². The molecular formula is C15H19BrN2S. The third-order valence-electron chi connectivity index (χ3n) is 4.00. The van der Waals surface area contributed by atoms with Crippen molar-refractivity contribution in [1.82, 2.24) is 10.3 Å². The molecule has 1 aromatic carbocycles. The Balaban J connectivity index is 2.04. The monoisotopic (exact) mass is 338 g/mol. The van der Waals surface area contributed by atoms with Gasteiger partial charge in [0.1, 0.15) is 5.01 Å². The van der Waals surface area contributed by atoms with Gasteiger partial charge in [0.05, 0.1) is 10.2 Å². The number of nitrogens with zero attached hydrogens (tertiary/aromatic N) is 1. The van der Waals surface area contributed by atoms with E-state index >= 15 is 0 Å². The number of hydrogen-bond acceptors (Lipinski definition) is 3. The van der Waals surface area contributed by atoms with E-state index in [2.05, 4.69) is 46.4 Å². The van der Waals surface area contributed by atoms with E-state index < -0.39 is 0 Å². The number of aromatic nitrogens is 1. The van der Waals surface area contributed by atoms with Crippen LogP contribution in [0.1, 0.15) is 37.6 Å². The van der Waals surface area contributed by atoms with Crippen molar-refractivity contribution in [2.24, 2.45) is 0 Å². The van der Waals surface area contributed by atoms with E-state index in [0.717, 1.165) is 23.1 Å². The Bertz CT molecular complexity index is 567. The first-order valence-electron chi connectivity index (χ1n) is 7.01. The predicted molar refractivity (Wildman–Crippen MR) is 86.0 cm³/mol. The zero-order chi connectivity index (χ0) is 13.3. The summed E-state index contributed by atoms with van der Waals surface area (Å²) in [6.07, 6.45) is 5.00. The first kappa shape index (κ1) is 13.5. The third kappa shape index (κ3) is 2.58. The summed E-state index contributed by atoms with van der Waals surface area (Å²) >= 11 is 5.42. The van der Waals surface area contributed by atoms with Crippen LogP contribution in [0.3, 0.4) is 0 Å². The van der Waals surface area contributed by atoms with Crippen LogP contribution < -0.4 is 5.32 Å². The van der Waals surface area contributed by atoms with Crippen molar-refractivity contribution in [3.8, 4) is 0 Å². The van der Waals surface area contributed by atoms with Crippen LogP contribution in [0.25, 0.3) is 10.2 Å².